The van der Waals surface area contributed by atoms with E-state index in [-0.39, 0.29) is 30.4 Å². The molecule has 0 fully saturated rings. The molecule has 1 N–H and O–H groups in total. The Kier molecular flexibility index (Phi) is 6.74. The Bertz CT molecular complexity index is 1230. The van der Waals surface area contributed by atoms with Gasteiger partial charge in [-0.15, -0.1) is 11.3 Å². The molecule has 0 bridgehead atoms. The van der Waals surface area contributed by atoms with Crippen LogP contribution in [0.4, 0.5) is 4.39 Å². The van der Waals surface area contributed by atoms with Crippen molar-refractivity contribution in [2.45, 2.75) is 33.0 Å². The van der Waals surface area contributed by atoms with E-state index in [0.29, 0.717) is 19.5 Å². The second-order valence-corrected chi connectivity index (χ2v) is 8.34. The number of nitrogens with zero attached hydrogens (tertiary/aromatic N) is 5. The first-order chi connectivity index (χ1) is 16.0. The van der Waals surface area contributed by atoms with Gasteiger partial charge < -0.3 is 14.8 Å². The minimum atomic E-state index is -0.471. The number of amides is 2. The predicted molar refractivity (Wildman–Crippen MR) is 124 cm³/mol. The van der Waals surface area contributed by atoms with E-state index in [9.17, 15) is 14.0 Å². The normalized spacial score (nSPS) is 13.4. The number of aromatic nitrogens is 4. The molecule has 2 amide bonds. The fraction of sp³-hybridized carbons (Fsp3) is 0.261. The van der Waals surface area contributed by atoms with E-state index in [1.165, 1.54) is 29.7 Å². The van der Waals surface area contributed by atoms with Gasteiger partial charge >= 0.3 is 0 Å². The van der Waals surface area contributed by atoms with Crippen molar-refractivity contribution >= 4 is 35.3 Å². The smallest absolute Gasteiger partial charge is 0.271 e. The van der Waals surface area contributed by atoms with Crippen LogP contribution in [0, 0.1) is 5.82 Å². The lowest BCUT2D eigenvalue weighted by Crippen LogP contribution is -2.40. The summed E-state index contributed by atoms with van der Waals surface area (Å²) < 4.78 is 15.6. The molecule has 33 heavy (non-hydrogen) atoms. The quantitative estimate of drug-likeness (QED) is 0.551. The van der Waals surface area contributed by atoms with Gasteiger partial charge in [-0.2, -0.15) is 0 Å². The molecule has 3 aromatic heterocycles. The molecule has 1 aliphatic rings. The Morgan fingerprint density at radius 3 is 2.97 bits per heavy atom. The summed E-state index contributed by atoms with van der Waals surface area (Å²) in [7, 11) is 0. The van der Waals surface area contributed by atoms with Crippen LogP contribution in [-0.2, 0) is 30.8 Å². The molecule has 0 atom stereocenters. The fourth-order valence-corrected chi connectivity index (χ4v) is 4.34. The third-order valence-corrected chi connectivity index (χ3v) is 6.15. The van der Waals surface area contributed by atoms with Crippen molar-refractivity contribution in [3.05, 3.63) is 75.8 Å². The summed E-state index contributed by atoms with van der Waals surface area (Å²) in [6, 6.07) is 2.79. The summed E-state index contributed by atoms with van der Waals surface area (Å²) in [5, 5.41) is 5.03. The highest BCUT2D eigenvalue weighted by atomic mass is 32.1. The van der Waals surface area contributed by atoms with Crippen LogP contribution in [0.15, 0.2) is 36.4 Å². The average molecular weight is 467 g/mol. The zero-order chi connectivity index (χ0) is 23.4. The van der Waals surface area contributed by atoms with E-state index in [1.807, 2.05) is 23.6 Å². The minimum absolute atomic E-state index is 0.00757. The number of nitrogens with one attached hydrogen (secondary N) is 1. The van der Waals surface area contributed by atoms with Crippen LogP contribution in [0.1, 0.15) is 45.3 Å². The summed E-state index contributed by atoms with van der Waals surface area (Å²) >= 11 is 1.35. The first kappa shape index (κ1) is 22.5. The number of carbonyl (C=O) groups is 2. The van der Waals surface area contributed by atoms with E-state index in [1.54, 1.807) is 16.4 Å². The van der Waals surface area contributed by atoms with E-state index < -0.39 is 11.7 Å². The van der Waals surface area contributed by atoms with Crippen LogP contribution >= 0.6 is 11.3 Å². The van der Waals surface area contributed by atoms with Crippen molar-refractivity contribution in [2.75, 3.05) is 6.54 Å². The molecule has 170 valence electrons. The monoisotopic (exact) mass is 466 g/mol. The Morgan fingerprint density at radius 1 is 1.36 bits per heavy atom. The van der Waals surface area contributed by atoms with Gasteiger partial charge in [-0.1, -0.05) is 12.7 Å². The number of allylic oxidation sites excluding steroid dienone is 1. The number of rotatable bonds is 8. The van der Waals surface area contributed by atoms with Crippen LogP contribution in [-0.4, -0.2) is 42.8 Å². The van der Waals surface area contributed by atoms with Crippen LogP contribution in [0.25, 0.3) is 12.2 Å². The summed E-state index contributed by atoms with van der Waals surface area (Å²) in [6.45, 7) is 6.82. The Morgan fingerprint density at radius 2 is 2.21 bits per heavy atom. The minimum Gasteiger partial charge on any atom is -0.345 e. The number of pyridine rings is 1. The number of hydrogen-bond acceptors (Lipinski definition) is 6. The molecule has 3 aromatic rings. The molecule has 1 aliphatic heterocycles. The van der Waals surface area contributed by atoms with E-state index >= 15 is 0 Å². The van der Waals surface area contributed by atoms with Gasteiger partial charge in [0.15, 0.2) is 0 Å². The summed E-state index contributed by atoms with van der Waals surface area (Å²) in [6.07, 6.45) is 7.53. The molecule has 0 aromatic carbocycles. The number of thiazole rings is 1. The van der Waals surface area contributed by atoms with Crippen molar-refractivity contribution in [2.24, 2.45) is 0 Å². The number of hydrogen-bond donors (Lipinski definition) is 1. The highest BCUT2D eigenvalue weighted by Crippen LogP contribution is 2.22. The van der Waals surface area contributed by atoms with Gasteiger partial charge in [-0.05, 0) is 31.2 Å². The molecular weight excluding hydrogens is 443 g/mol. The molecule has 0 saturated heterocycles. The molecule has 0 unspecified atom stereocenters. The van der Waals surface area contributed by atoms with Gasteiger partial charge in [0.1, 0.15) is 23.9 Å². The number of halogens is 1. The van der Waals surface area contributed by atoms with Crippen LogP contribution in [0.2, 0.25) is 0 Å². The average Bonchev–Trinajstić information content (AvgIpc) is 3.42. The van der Waals surface area contributed by atoms with Gasteiger partial charge in [-0.25, -0.2) is 14.4 Å². The molecule has 10 heteroatoms. The second-order valence-electron chi connectivity index (χ2n) is 7.40. The van der Waals surface area contributed by atoms with Crippen molar-refractivity contribution in [3.63, 3.8) is 0 Å². The Labute approximate surface area is 194 Å². The van der Waals surface area contributed by atoms with E-state index in [4.69, 9.17) is 0 Å². The fourth-order valence-electron chi connectivity index (χ4n) is 3.58. The number of imidazole rings is 1. The topological polar surface area (TPSA) is 93.0 Å². The maximum atomic E-state index is 13.7. The number of carbonyl (C=O) groups excluding carboxylic acids is 2. The molecule has 4 heterocycles. The van der Waals surface area contributed by atoms with Gasteiger partial charge in [0, 0.05) is 24.5 Å². The lowest BCUT2D eigenvalue weighted by atomic mass is 10.2. The highest BCUT2D eigenvalue weighted by Gasteiger charge is 2.27. The third-order valence-electron chi connectivity index (χ3n) is 5.24. The number of fused-ring (bicyclic) bond motifs is 1. The maximum absolute atomic E-state index is 13.7. The van der Waals surface area contributed by atoms with Crippen molar-refractivity contribution in [3.8, 4) is 0 Å². The van der Waals surface area contributed by atoms with Gasteiger partial charge in [0.25, 0.3) is 5.91 Å². The first-order valence-electron chi connectivity index (χ1n) is 10.4. The Balaban J connectivity index is 1.35. The first-order valence-corrected chi connectivity index (χ1v) is 11.3. The third kappa shape index (κ3) is 4.90. The van der Waals surface area contributed by atoms with Gasteiger partial charge in [0.2, 0.25) is 5.91 Å². The zero-order valence-electron chi connectivity index (χ0n) is 18.1. The van der Waals surface area contributed by atoms with Crippen molar-refractivity contribution in [1.29, 1.82) is 0 Å². The molecule has 4 rings (SSSR count). The lowest BCUT2D eigenvalue weighted by molar-refractivity contribution is -0.134. The SMILES string of the molecule is C=Cc1nc2n(c1/C=C\C)CC(=O)N(CCc1nc(C(=O)NCc3ncccc3F)cs1)C2. The molecule has 0 spiro atoms. The van der Waals surface area contributed by atoms with Crippen LogP contribution in [0.5, 0.6) is 0 Å². The summed E-state index contributed by atoms with van der Waals surface area (Å²) in [5.74, 6) is -0.0412. The molecule has 0 radical (unpaired) electrons. The summed E-state index contributed by atoms with van der Waals surface area (Å²) in [4.78, 5) is 39.7. The maximum Gasteiger partial charge on any atom is 0.271 e. The van der Waals surface area contributed by atoms with E-state index in [0.717, 1.165) is 22.2 Å². The summed E-state index contributed by atoms with van der Waals surface area (Å²) in [5.41, 5.74) is 2.08. The lowest BCUT2D eigenvalue weighted by Gasteiger charge is -2.27. The van der Waals surface area contributed by atoms with Crippen LogP contribution in [0.3, 0.4) is 0 Å². The predicted octanol–water partition coefficient (Wildman–Crippen LogP) is 3.06. The van der Waals surface area contributed by atoms with Gasteiger partial charge in [-0.3, -0.25) is 14.6 Å². The largest absolute Gasteiger partial charge is 0.345 e. The zero-order valence-corrected chi connectivity index (χ0v) is 18.9. The van der Waals surface area contributed by atoms with Crippen molar-refractivity contribution < 1.29 is 14.0 Å². The molecular formula is C23H23FN6O2S. The molecule has 0 saturated carbocycles. The highest BCUT2D eigenvalue weighted by molar-refractivity contribution is 7.09. The van der Waals surface area contributed by atoms with Crippen LogP contribution < -0.4 is 5.32 Å². The van der Waals surface area contributed by atoms with Gasteiger partial charge in [0.05, 0.1) is 35.2 Å². The Hall–Kier alpha value is -3.66. The van der Waals surface area contributed by atoms with E-state index in [2.05, 4.69) is 26.8 Å². The second kappa shape index (κ2) is 9.86. The molecule has 8 nitrogen and oxygen atoms in total. The van der Waals surface area contributed by atoms with Crippen molar-refractivity contribution in [1.82, 2.24) is 29.7 Å². The molecule has 0 aliphatic carbocycles. The standard InChI is InChI=1S/C23H23FN6O2S/c1-3-6-19-16(4-2)27-20-12-29(22(31)13-30(19)20)10-8-21-28-18(14-33-21)23(32)26-11-17-15(24)7-5-9-25-17/h3-7,9,14H,2,8,10-13H2,1H3,(H,26,32)/b6-3-.